The predicted octanol–water partition coefficient (Wildman–Crippen LogP) is 3.26. The summed E-state index contributed by atoms with van der Waals surface area (Å²) >= 11 is 2.08. The normalized spacial score (nSPS) is 35.0. The largest absolute Gasteiger partial charge is 0.444 e. The summed E-state index contributed by atoms with van der Waals surface area (Å²) in [6, 6.07) is 1.34. The Morgan fingerprint density at radius 1 is 1.23 bits per heavy atom. The first-order valence-electron chi connectivity index (χ1n) is 8.75. The number of fused-ring (bicyclic) bond motifs is 2. The molecule has 4 nitrogen and oxygen atoms in total. The van der Waals surface area contributed by atoms with E-state index in [9.17, 15) is 4.79 Å². The van der Waals surface area contributed by atoms with Gasteiger partial charge in [-0.25, -0.2) is 4.79 Å². The van der Waals surface area contributed by atoms with Crippen LogP contribution in [0.25, 0.3) is 0 Å². The second kappa shape index (κ2) is 6.60. The molecule has 0 aliphatic carbocycles. The Labute approximate surface area is 138 Å². The molecule has 0 aromatic carbocycles. The van der Waals surface area contributed by atoms with E-state index in [0.29, 0.717) is 18.1 Å². The topological polar surface area (TPSA) is 41.6 Å². The van der Waals surface area contributed by atoms with Crippen LogP contribution in [0.3, 0.4) is 0 Å². The van der Waals surface area contributed by atoms with Gasteiger partial charge in [-0.3, -0.25) is 0 Å². The van der Waals surface area contributed by atoms with Gasteiger partial charge in [-0.05, 0) is 76.8 Å². The van der Waals surface area contributed by atoms with Gasteiger partial charge < -0.3 is 15.0 Å². The van der Waals surface area contributed by atoms with E-state index in [0.717, 1.165) is 38.1 Å². The Hall–Kier alpha value is -0.420. The van der Waals surface area contributed by atoms with E-state index in [4.69, 9.17) is 4.74 Å². The van der Waals surface area contributed by atoms with Crippen molar-refractivity contribution in [2.75, 3.05) is 18.1 Å². The molecule has 3 unspecified atom stereocenters. The minimum atomic E-state index is -0.397. The monoisotopic (exact) mass is 326 g/mol. The van der Waals surface area contributed by atoms with E-state index >= 15 is 0 Å². The molecule has 2 bridgehead atoms. The maximum absolute atomic E-state index is 12.4. The number of hydrogen-bond donors (Lipinski definition) is 1. The number of thioether (sulfide) groups is 1. The smallest absolute Gasteiger partial charge is 0.410 e. The third kappa shape index (κ3) is 3.91. The van der Waals surface area contributed by atoms with Crippen molar-refractivity contribution in [3.05, 3.63) is 0 Å². The van der Waals surface area contributed by atoms with Gasteiger partial charge in [0.2, 0.25) is 0 Å². The van der Waals surface area contributed by atoms with Gasteiger partial charge >= 0.3 is 6.09 Å². The maximum atomic E-state index is 12.4. The first-order chi connectivity index (χ1) is 10.4. The molecule has 3 fully saturated rings. The molecule has 0 aromatic rings. The standard InChI is InChI=1S/C17H30N2O2S/c1-17(2,3)21-16(20)19-14-4-5-15(19)9-13(8-14)18-10-12-6-7-22-11-12/h12-15,18H,4-11H2,1-3H3. The Balaban J connectivity index is 1.51. The summed E-state index contributed by atoms with van der Waals surface area (Å²) < 4.78 is 5.60. The van der Waals surface area contributed by atoms with E-state index in [-0.39, 0.29) is 6.09 Å². The summed E-state index contributed by atoms with van der Waals surface area (Å²) in [5.74, 6) is 3.50. The van der Waals surface area contributed by atoms with Crippen molar-refractivity contribution in [3.8, 4) is 0 Å². The average Bonchev–Trinajstić information content (AvgIpc) is 3.01. The number of amides is 1. The van der Waals surface area contributed by atoms with E-state index < -0.39 is 5.60 Å². The molecule has 3 heterocycles. The minimum Gasteiger partial charge on any atom is -0.444 e. The summed E-state index contributed by atoms with van der Waals surface area (Å²) in [6.45, 7) is 6.99. The van der Waals surface area contributed by atoms with Crippen LogP contribution < -0.4 is 5.32 Å². The van der Waals surface area contributed by atoms with Gasteiger partial charge in [-0.1, -0.05) is 0 Å². The third-order valence-electron chi connectivity index (χ3n) is 5.06. The predicted molar refractivity (Wildman–Crippen MR) is 91.3 cm³/mol. The molecule has 5 heteroatoms. The van der Waals surface area contributed by atoms with Crippen LogP contribution >= 0.6 is 11.8 Å². The molecule has 0 aromatic heterocycles. The maximum Gasteiger partial charge on any atom is 0.410 e. The highest BCUT2D eigenvalue weighted by Crippen LogP contribution is 2.37. The van der Waals surface area contributed by atoms with Gasteiger partial charge in [-0.2, -0.15) is 11.8 Å². The fraction of sp³-hybridized carbons (Fsp3) is 0.941. The second-order valence-electron chi connectivity index (χ2n) is 8.08. The molecule has 3 rings (SSSR count). The summed E-state index contributed by atoms with van der Waals surface area (Å²) in [6.07, 6.45) is 5.72. The first-order valence-corrected chi connectivity index (χ1v) is 9.90. The molecule has 0 spiro atoms. The molecule has 3 atom stereocenters. The molecule has 22 heavy (non-hydrogen) atoms. The van der Waals surface area contributed by atoms with Crippen molar-refractivity contribution in [1.82, 2.24) is 10.2 Å². The van der Waals surface area contributed by atoms with Crippen molar-refractivity contribution >= 4 is 17.9 Å². The van der Waals surface area contributed by atoms with Gasteiger partial charge in [0.05, 0.1) is 0 Å². The van der Waals surface area contributed by atoms with Gasteiger partial charge in [0, 0.05) is 18.1 Å². The van der Waals surface area contributed by atoms with Crippen molar-refractivity contribution in [1.29, 1.82) is 0 Å². The van der Waals surface area contributed by atoms with Crippen molar-refractivity contribution in [3.63, 3.8) is 0 Å². The van der Waals surface area contributed by atoms with Crippen molar-refractivity contribution in [2.45, 2.75) is 76.6 Å². The van der Waals surface area contributed by atoms with Crippen molar-refractivity contribution in [2.24, 2.45) is 5.92 Å². The number of hydrogen-bond acceptors (Lipinski definition) is 4. The SMILES string of the molecule is CC(C)(C)OC(=O)N1C2CCC1CC(NCC1CCSC1)C2. The zero-order valence-electron chi connectivity index (χ0n) is 14.1. The second-order valence-corrected chi connectivity index (χ2v) is 9.23. The van der Waals surface area contributed by atoms with Crippen LogP contribution in [0.2, 0.25) is 0 Å². The van der Waals surface area contributed by atoms with Crippen LogP contribution in [-0.4, -0.2) is 52.8 Å². The lowest BCUT2D eigenvalue weighted by Crippen LogP contribution is -2.53. The Kier molecular flexibility index (Phi) is 4.93. The lowest BCUT2D eigenvalue weighted by molar-refractivity contribution is 0.00463. The minimum absolute atomic E-state index is 0.106. The number of nitrogens with zero attached hydrogens (tertiary/aromatic N) is 1. The van der Waals surface area contributed by atoms with Crippen LogP contribution in [0.1, 0.15) is 52.9 Å². The van der Waals surface area contributed by atoms with Gasteiger partial charge in [-0.15, -0.1) is 0 Å². The van der Waals surface area contributed by atoms with E-state index in [1.807, 2.05) is 25.7 Å². The van der Waals surface area contributed by atoms with E-state index in [1.54, 1.807) is 0 Å². The summed E-state index contributed by atoms with van der Waals surface area (Å²) in [7, 11) is 0. The Morgan fingerprint density at radius 2 is 1.91 bits per heavy atom. The summed E-state index contributed by atoms with van der Waals surface area (Å²) in [5, 5.41) is 3.78. The fourth-order valence-electron chi connectivity index (χ4n) is 4.03. The number of piperidine rings is 1. The van der Waals surface area contributed by atoms with E-state index in [2.05, 4.69) is 17.1 Å². The zero-order chi connectivity index (χ0) is 15.7. The zero-order valence-corrected chi connectivity index (χ0v) is 15.0. The average molecular weight is 327 g/mol. The highest BCUT2D eigenvalue weighted by atomic mass is 32.2. The quantitative estimate of drug-likeness (QED) is 0.864. The molecule has 3 saturated heterocycles. The lowest BCUT2D eigenvalue weighted by Gasteiger charge is -2.40. The molecule has 3 aliphatic heterocycles. The molecule has 126 valence electrons. The van der Waals surface area contributed by atoms with Gasteiger partial charge in [0.15, 0.2) is 0 Å². The third-order valence-corrected chi connectivity index (χ3v) is 6.29. The van der Waals surface area contributed by atoms with Crippen LogP contribution in [0.4, 0.5) is 4.79 Å². The molecular formula is C17H30N2O2S. The Bertz CT molecular complexity index is 390. The lowest BCUT2D eigenvalue weighted by atomic mass is 9.97. The fourth-order valence-corrected chi connectivity index (χ4v) is 5.32. The van der Waals surface area contributed by atoms with E-state index in [1.165, 1.54) is 17.9 Å². The van der Waals surface area contributed by atoms with Crippen LogP contribution in [0.15, 0.2) is 0 Å². The summed E-state index contributed by atoms with van der Waals surface area (Å²) in [4.78, 5) is 14.5. The van der Waals surface area contributed by atoms with Crippen LogP contribution in [-0.2, 0) is 4.74 Å². The molecule has 1 amide bonds. The van der Waals surface area contributed by atoms with Gasteiger partial charge in [0.25, 0.3) is 0 Å². The van der Waals surface area contributed by atoms with Crippen molar-refractivity contribution < 1.29 is 9.53 Å². The highest BCUT2D eigenvalue weighted by Gasteiger charge is 2.44. The van der Waals surface area contributed by atoms with Crippen LogP contribution in [0, 0.1) is 5.92 Å². The van der Waals surface area contributed by atoms with Crippen LogP contribution in [0.5, 0.6) is 0 Å². The van der Waals surface area contributed by atoms with Gasteiger partial charge in [0.1, 0.15) is 5.60 Å². The molecule has 1 N–H and O–H groups in total. The highest BCUT2D eigenvalue weighted by molar-refractivity contribution is 7.99. The molecular weight excluding hydrogens is 296 g/mol. The number of carbonyl (C=O) groups excluding carboxylic acids is 1. The summed E-state index contributed by atoms with van der Waals surface area (Å²) in [5.41, 5.74) is -0.397. The number of nitrogens with one attached hydrogen (secondary N) is 1. The molecule has 3 aliphatic rings. The molecule has 0 saturated carbocycles. The number of carbonyl (C=O) groups is 1. The number of ether oxygens (including phenoxy) is 1. The Morgan fingerprint density at radius 3 is 2.45 bits per heavy atom. The molecule has 0 radical (unpaired) electrons. The first kappa shape index (κ1) is 16.4. The number of rotatable bonds is 3.